The second-order valence-corrected chi connectivity index (χ2v) is 4.93. The predicted octanol–water partition coefficient (Wildman–Crippen LogP) is 1.83. The Labute approximate surface area is 94.2 Å². The standard InChI is InChI=1S/C11H17NO2S/c1-7-5-15-6-8(7)11(2,3)9(12)10(13)14-4/h5-6,9H,12H2,1-4H3. The first kappa shape index (κ1) is 12.2. The van der Waals surface area contributed by atoms with Gasteiger partial charge in [0.2, 0.25) is 0 Å². The largest absolute Gasteiger partial charge is 0.468 e. The molecule has 0 aliphatic rings. The zero-order valence-corrected chi connectivity index (χ0v) is 10.4. The average Bonchev–Trinajstić information content (AvgIpc) is 2.62. The van der Waals surface area contributed by atoms with Gasteiger partial charge >= 0.3 is 5.97 Å². The summed E-state index contributed by atoms with van der Waals surface area (Å²) in [7, 11) is 1.36. The van der Waals surface area contributed by atoms with E-state index in [4.69, 9.17) is 5.73 Å². The third kappa shape index (κ3) is 2.21. The molecule has 4 heteroatoms. The summed E-state index contributed by atoms with van der Waals surface area (Å²) in [6.45, 7) is 5.95. The zero-order chi connectivity index (χ0) is 11.6. The molecule has 3 nitrogen and oxygen atoms in total. The van der Waals surface area contributed by atoms with Gasteiger partial charge in [-0.05, 0) is 28.8 Å². The van der Waals surface area contributed by atoms with Crippen LogP contribution in [0.2, 0.25) is 0 Å². The van der Waals surface area contributed by atoms with E-state index in [0.717, 1.165) is 5.56 Å². The van der Waals surface area contributed by atoms with Crippen LogP contribution < -0.4 is 5.73 Å². The topological polar surface area (TPSA) is 52.3 Å². The Balaban J connectivity index is 3.02. The SMILES string of the molecule is COC(=O)C(N)C(C)(C)c1cscc1C. The van der Waals surface area contributed by atoms with Crippen LogP contribution >= 0.6 is 11.3 Å². The monoisotopic (exact) mass is 227 g/mol. The van der Waals surface area contributed by atoms with Crippen molar-refractivity contribution in [1.82, 2.24) is 0 Å². The normalized spacial score (nSPS) is 13.7. The molecule has 1 unspecified atom stereocenters. The first-order chi connectivity index (χ1) is 6.91. The number of hydrogen-bond donors (Lipinski definition) is 1. The first-order valence-corrected chi connectivity index (χ1v) is 5.72. The van der Waals surface area contributed by atoms with Crippen LogP contribution in [0.5, 0.6) is 0 Å². The summed E-state index contributed by atoms with van der Waals surface area (Å²) in [5, 5.41) is 4.10. The van der Waals surface area contributed by atoms with Gasteiger partial charge in [0.25, 0.3) is 0 Å². The van der Waals surface area contributed by atoms with E-state index < -0.39 is 11.5 Å². The minimum Gasteiger partial charge on any atom is -0.468 e. The van der Waals surface area contributed by atoms with Crippen LogP contribution in [0.1, 0.15) is 25.0 Å². The number of esters is 1. The minimum atomic E-state index is -0.629. The second-order valence-electron chi connectivity index (χ2n) is 4.19. The van der Waals surface area contributed by atoms with Gasteiger partial charge in [-0.15, -0.1) is 0 Å². The molecule has 1 heterocycles. The molecular weight excluding hydrogens is 210 g/mol. The van der Waals surface area contributed by atoms with E-state index in [0.29, 0.717) is 0 Å². The van der Waals surface area contributed by atoms with E-state index in [1.54, 1.807) is 11.3 Å². The van der Waals surface area contributed by atoms with Gasteiger partial charge in [0.15, 0.2) is 0 Å². The van der Waals surface area contributed by atoms with Gasteiger partial charge < -0.3 is 10.5 Å². The lowest BCUT2D eigenvalue weighted by atomic mass is 9.78. The van der Waals surface area contributed by atoms with Crippen LogP contribution in [0.25, 0.3) is 0 Å². The Hall–Kier alpha value is -0.870. The first-order valence-electron chi connectivity index (χ1n) is 4.78. The number of aryl methyl sites for hydroxylation is 1. The summed E-state index contributed by atoms with van der Waals surface area (Å²) in [6.07, 6.45) is 0. The Morgan fingerprint density at radius 1 is 1.53 bits per heavy atom. The quantitative estimate of drug-likeness (QED) is 0.802. The van der Waals surface area contributed by atoms with Crippen LogP contribution in [0.15, 0.2) is 10.8 Å². The fourth-order valence-corrected chi connectivity index (χ4v) is 2.63. The second kappa shape index (κ2) is 4.33. The molecule has 0 aliphatic carbocycles. The van der Waals surface area contributed by atoms with Crippen molar-refractivity contribution in [3.05, 3.63) is 21.9 Å². The van der Waals surface area contributed by atoms with Crippen LogP contribution in [0, 0.1) is 6.92 Å². The van der Waals surface area contributed by atoms with E-state index in [1.165, 1.54) is 12.7 Å². The van der Waals surface area contributed by atoms with E-state index in [-0.39, 0.29) is 5.97 Å². The number of ether oxygens (including phenoxy) is 1. The number of thiophene rings is 1. The lowest BCUT2D eigenvalue weighted by molar-refractivity contribution is -0.143. The van der Waals surface area contributed by atoms with Gasteiger partial charge in [0.1, 0.15) is 6.04 Å². The predicted molar refractivity (Wildman–Crippen MR) is 62.1 cm³/mol. The van der Waals surface area contributed by atoms with Gasteiger partial charge in [-0.1, -0.05) is 13.8 Å². The third-order valence-corrected chi connectivity index (χ3v) is 3.64. The molecule has 0 amide bonds. The van der Waals surface area contributed by atoms with E-state index in [2.05, 4.69) is 10.1 Å². The highest BCUT2D eigenvalue weighted by molar-refractivity contribution is 7.08. The Bertz CT molecular complexity index is 357. The molecule has 2 N–H and O–H groups in total. The fraction of sp³-hybridized carbons (Fsp3) is 0.545. The molecule has 0 bridgehead atoms. The van der Waals surface area contributed by atoms with Crippen molar-refractivity contribution in [2.24, 2.45) is 5.73 Å². The van der Waals surface area contributed by atoms with Crippen molar-refractivity contribution in [3.63, 3.8) is 0 Å². The Kier molecular flexibility index (Phi) is 3.52. The summed E-state index contributed by atoms with van der Waals surface area (Å²) >= 11 is 1.62. The average molecular weight is 227 g/mol. The van der Waals surface area contributed by atoms with Crippen molar-refractivity contribution in [2.45, 2.75) is 32.2 Å². The van der Waals surface area contributed by atoms with E-state index in [1.807, 2.05) is 26.2 Å². The molecule has 1 atom stereocenters. The maximum absolute atomic E-state index is 11.4. The van der Waals surface area contributed by atoms with Gasteiger partial charge in [0, 0.05) is 5.41 Å². The molecule has 1 aromatic rings. The molecule has 0 fully saturated rings. The fourth-order valence-electron chi connectivity index (χ4n) is 1.61. The van der Waals surface area contributed by atoms with Crippen molar-refractivity contribution in [1.29, 1.82) is 0 Å². The molecular formula is C11H17NO2S. The van der Waals surface area contributed by atoms with E-state index >= 15 is 0 Å². The highest BCUT2D eigenvalue weighted by Gasteiger charge is 2.35. The number of rotatable bonds is 3. The Morgan fingerprint density at radius 2 is 2.13 bits per heavy atom. The number of carbonyl (C=O) groups is 1. The number of carbonyl (C=O) groups excluding carboxylic acids is 1. The van der Waals surface area contributed by atoms with Gasteiger partial charge in [-0.25, -0.2) is 0 Å². The van der Waals surface area contributed by atoms with Crippen LogP contribution in [-0.4, -0.2) is 19.1 Å². The van der Waals surface area contributed by atoms with Crippen molar-refractivity contribution < 1.29 is 9.53 Å². The molecule has 0 radical (unpaired) electrons. The molecule has 84 valence electrons. The summed E-state index contributed by atoms with van der Waals surface area (Å²) < 4.78 is 4.68. The number of methoxy groups -OCH3 is 1. The number of hydrogen-bond acceptors (Lipinski definition) is 4. The number of nitrogens with two attached hydrogens (primary N) is 1. The van der Waals surface area contributed by atoms with Gasteiger partial charge in [-0.2, -0.15) is 11.3 Å². The van der Waals surface area contributed by atoms with E-state index in [9.17, 15) is 4.79 Å². The maximum Gasteiger partial charge on any atom is 0.323 e. The molecule has 15 heavy (non-hydrogen) atoms. The van der Waals surface area contributed by atoms with Crippen molar-refractivity contribution in [3.8, 4) is 0 Å². The maximum atomic E-state index is 11.4. The molecule has 0 saturated carbocycles. The summed E-state index contributed by atoms with van der Waals surface area (Å²) in [5.74, 6) is -0.370. The highest BCUT2D eigenvalue weighted by atomic mass is 32.1. The van der Waals surface area contributed by atoms with Crippen molar-refractivity contribution in [2.75, 3.05) is 7.11 Å². The molecule has 1 rings (SSSR count). The summed E-state index contributed by atoms with van der Waals surface area (Å²) in [4.78, 5) is 11.4. The lowest BCUT2D eigenvalue weighted by Gasteiger charge is -2.29. The van der Waals surface area contributed by atoms with Gasteiger partial charge in [-0.3, -0.25) is 4.79 Å². The summed E-state index contributed by atoms with van der Waals surface area (Å²) in [6, 6.07) is -0.629. The lowest BCUT2D eigenvalue weighted by Crippen LogP contribution is -2.47. The molecule has 0 saturated heterocycles. The van der Waals surface area contributed by atoms with Gasteiger partial charge in [0.05, 0.1) is 7.11 Å². The van der Waals surface area contributed by atoms with Crippen LogP contribution in [0.3, 0.4) is 0 Å². The summed E-state index contributed by atoms with van der Waals surface area (Å²) in [5.41, 5.74) is 7.79. The molecule has 0 aromatic carbocycles. The minimum absolute atomic E-state index is 0.370. The zero-order valence-electron chi connectivity index (χ0n) is 9.53. The third-order valence-electron chi connectivity index (χ3n) is 2.78. The molecule has 0 aliphatic heterocycles. The van der Waals surface area contributed by atoms with Crippen molar-refractivity contribution >= 4 is 17.3 Å². The Morgan fingerprint density at radius 3 is 2.53 bits per heavy atom. The molecule has 0 spiro atoms. The molecule has 1 aromatic heterocycles. The van der Waals surface area contributed by atoms with Crippen LogP contribution in [0.4, 0.5) is 0 Å². The highest BCUT2D eigenvalue weighted by Crippen LogP contribution is 2.31. The van der Waals surface area contributed by atoms with Crippen LogP contribution in [-0.2, 0) is 14.9 Å². The smallest absolute Gasteiger partial charge is 0.323 e.